The Hall–Kier alpha value is -3.04. The fourth-order valence-electron chi connectivity index (χ4n) is 2.62. The SMILES string of the molecule is CNCCNCC(=O)Nc1ccc2c(c1)CC(=O)N2.Cc1cc(F)c(O)c(F)c1. The van der Waals surface area contributed by atoms with E-state index in [1.54, 1.807) is 13.0 Å². The van der Waals surface area contributed by atoms with Crippen LogP contribution < -0.4 is 21.3 Å². The Kier molecular flexibility index (Phi) is 8.05. The summed E-state index contributed by atoms with van der Waals surface area (Å²) in [5, 5.41) is 20.2. The smallest absolute Gasteiger partial charge is 0.238 e. The lowest BCUT2D eigenvalue weighted by Crippen LogP contribution is -2.32. The van der Waals surface area contributed by atoms with Crippen molar-refractivity contribution >= 4 is 23.2 Å². The molecule has 0 aromatic heterocycles. The van der Waals surface area contributed by atoms with Crippen LogP contribution in [0.4, 0.5) is 20.2 Å². The van der Waals surface area contributed by atoms with Crippen molar-refractivity contribution in [1.82, 2.24) is 10.6 Å². The van der Waals surface area contributed by atoms with Crippen molar-refractivity contribution in [3.05, 3.63) is 53.1 Å². The first-order valence-electron chi connectivity index (χ1n) is 9.02. The molecule has 1 heterocycles. The summed E-state index contributed by atoms with van der Waals surface area (Å²) in [6.07, 6.45) is 0.374. The van der Waals surface area contributed by atoms with Gasteiger partial charge in [-0.05, 0) is 55.4 Å². The number of hydrogen-bond acceptors (Lipinski definition) is 5. The molecular weight excluding hydrogens is 382 g/mol. The fraction of sp³-hybridized carbons (Fsp3) is 0.300. The molecule has 3 rings (SSSR count). The van der Waals surface area contributed by atoms with Crippen LogP contribution in [0.1, 0.15) is 11.1 Å². The maximum Gasteiger partial charge on any atom is 0.238 e. The van der Waals surface area contributed by atoms with E-state index in [9.17, 15) is 18.4 Å². The predicted molar refractivity (Wildman–Crippen MR) is 107 cm³/mol. The topological polar surface area (TPSA) is 102 Å². The van der Waals surface area contributed by atoms with Gasteiger partial charge in [0.1, 0.15) is 0 Å². The number of rotatable bonds is 6. The first-order chi connectivity index (χ1) is 13.8. The maximum absolute atomic E-state index is 12.4. The third kappa shape index (κ3) is 6.81. The molecule has 29 heavy (non-hydrogen) atoms. The van der Waals surface area contributed by atoms with Crippen molar-refractivity contribution in [3.63, 3.8) is 0 Å². The van der Waals surface area contributed by atoms with Crippen LogP contribution in [0.25, 0.3) is 0 Å². The molecule has 0 unspecified atom stereocenters. The number of amides is 2. The van der Waals surface area contributed by atoms with Gasteiger partial charge in [-0.15, -0.1) is 0 Å². The summed E-state index contributed by atoms with van der Waals surface area (Å²) < 4.78 is 24.7. The number of hydrogen-bond donors (Lipinski definition) is 5. The number of aromatic hydroxyl groups is 1. The van der Waals surface area contributed by atoms with Crippen molar-refractivity contribution in [3.8, 4) is 5.75 Å². The Labute approximate surface area is 167 Å². The lowest BCUT2D eigenvalue weighted by Gasteiger charge is -2.08. The lowest BCUT2D eigenvalue weighted by molar-refractivity contribution is -0.116. The second-order valence-electron chi connectivity index (χ2n) is 6.50. The first-order valence-corrected chi connectivity index (χ1v) is 9.02. The van der Waals surface area contributed by atoms with E-state index in [0.29, 0.717) is 12.0 Å². The van der Waals surface area contributed by atoms with Gasteiger partial charge in [0, 0.05) is 24.5 Å². The number of carbonyl (C=O) groups excluding carboxylic acids is 2. The van der Waals surface area contributed by atoms with Crippen LogP contribution in [-0.4, -0.2) is 43.6 Å². The molecule has 2 amide bonds. The normalized spacial score (nSPS) is 11.9. The van der Waals surface area contributed by atoms with E-state index < -0.39 is 17.4 Å². The maximum atomic E-state index is 12.4. The van der Waals surface area contributed by atoms with Crippen LogP contribution in [0, 0.1) is 18.6 Å². The molecule has 0 bridgehead atoms. The molecule has 1 aliphatic heterocycles. The minimum Gasteiger partial charge on any atom is -0.503 e. The van der Waals surface area contributed by atoms with Gasteiger partial charge in [0.05, 0.1) is 13.0 Å². The second-order valence-corrected chi connectivity index (χ2v) is 6.50. The molecule has 2 aromatic carbocycles. The standard InChI is InChI=1S/C13H18N4O2.C7H6F2O/c1-14-4-5-15-8-13(19)16-10-2-3-11-9(6-10)7-12(18)17-11;1-4-2-5(8)7(10)6(9)3-4/h2-3,6,14-15H,4-5,7-8H2,1H3,(H,16,19)(H,17,18);2-3,10H,1H3. The molecule has 0 spiro atoms. The molecule has 1 aliphatic rings. The van der Waals surface area contributed by atoms with Crippen LogP contribution >= 0.6 is 0 Å². The highest BCUT2D eigenvalue weighted by Crippen LogP contribution is 2.25. The Balaban J connectivity index is 0.000000253. The number of benzene rings is 2. The van der Waals surface area contributed by atoms with E-state index >= 15 is 0 Å². The zero-order chi connectivity index (χ0) is 21.4. The second kappa shape index (κ2) is 10.5. The molecule has 156 valence electrons. The van der Waals surface area contributed by atoms with Gasteiger partial charge in [0.2, 0.25) is 11.8 Å². The molecule has 7 nitrogen and oxygen atoms in total. The molecule has 0 fully saturated rings. The van der Waals surface area contributed by atoms with E-state index in [2.05, 4.69) is 21.3 Å². The molecule has 0 radical (unpaired) electrons. The zero-order valence-electron chi connectivity index (χ0n) is 16.2. The van der Waals surface area contributed by atoms with Crippen molar-refractivity contribution in [1.29, 1.82) is 0 Å². The highest BCUT2D eigenvalue weighted by molar-refractivity contribution is 6.00. The largest absolute Gasteiger partial charge is 0.503 e. The van der Waals surface area contributed by atoms with Crippen molar-refractivity contribution in [2.24, 2.45) is 0 Å². The monoisotopic (exact) mass is 406 g/mol. The molecule has 0 saturated heterocycles. The number of fused-ring (bicyclic) bond motifs is 1. The number of carbonyl (C=O) groups is 2. The number of anilines is 2. The van der Waals surface area contributed by atoms with Gasteiger partial charge in [0.25, 0.3) is 0 Å². The summed E-state index contributed by atoms with van der Waals surface area (Å²) in [4.78, 5) is 22.9. The summed E-state index contributed by atoms with van der Waals surface area (Å²) in [6.45, 7) is 3.38. The van der Waals surface area contributed by atoms with E-state index in [-0.39, 0.29) is 18.4 Å². The van der Waals surface area contributed by atoms with E-state index in [0.717, 1.165) is 42.2 Å². The zero-order valence-corrected chi connectivity index (χ0v) is 16.2. The van der Waals surface area contributed by atoms with Crippen LogP contribution in [-0.2, 0) is 16.0 Å². The van der Waals surface area contributed by atoms with Crippen LogP contribution in [0.15, 0.2) is 30.3 Å². The number of phenolic OH excluding ortho intramolecular Hbond substituents is 1. The molecule has 0 saturated carbocycles. The molecule has 0 aliphatic carbocycles. The quantitative estimate of drug-likeness (QED) is 0.472. The Morgan fingerprint density at radius 1 is 1.17 bits per heavy atom. The van der Waals surface area contributed by atoms with Gasteiger partial charge >= 0.3 is 0 Å². The number of phenols is 1. The number of aryl methyl sites for hydroxylation is 1. The minimum absolute atomic E-state index is 0.00721. The summed E-state index contributed by atoms with van der Waals surface area (Å²) in [5.41, 5.74) is 2.92. The molecule has 9 heteroatoms. The Morgan fingerprint density at radius 2 is 1.86 bits per heavy atom. The van der Waals surface area contributed by atoms with Gasteiger partial charge in [-0.1, -0.05) is 0 Å². The van der Waals surface area contributed by atoms with E-state index in [1.807, 2.05) is 19.2 Å². The Morgan fingerprint density at radius 3 is 2.52 bits per heavy atom. The first kappa shape index (κ1) is 22.3. The van der Waals surface area contributed by atoms with Crippen LogP contribution in [0.5, 0.6) is 5.75 Å². The van der Waals surface area contributed by atoms with E-state index in [4.69, 9.17) is 5.11 Å². The fourth-order valence-corrected chi connectivity index (χ4v) is 2.62. The van der Waals surface area contributed by atoms with Crippen molar-refractivity contribution in [2.75, 3.05) is 37.3 Å². The number of likely N-dealkylation sites (N-methyl/N-ethyl adjacent to an activating group) is 1. The van der Waals surface area contributed by atoms with Crippen molar-refractivity contribution < 1.29 is 23.5 Å². The predicted octanol–water partition coefficient (Wildman–Crippen LogP) is 1.91. The van der Waals surface area contributed by atoms with Gasteiger partial charge < -0.3 is 26.4 Å². The summed E-state index contributed by atoms with van der Waals surface area (Å²) in [5.74, 6) is -2.85. The highest BCUT2D eigenvalue weighted by Gasteiger charge is 2.17. The highest BCUT2D eigenvalue weighted by atomic mass is 19.1. The molecule has 2 aromatic rings. The summed E-state index contributed by atoms with van der Waals surface area (Å²) in [7, 11) is 1.86. The average Bonchev–Trinajstić information content (AvgIpc) is 3.03. The summed E-state index contributed by atoms with van der Waals surface area (Å²) in [6, 6.07) is 7.57. The van der Waals surface area contributed by atoms with E-state index in [1.165, 1.54) is 0 Å². The average molecular weight is 406 g/mol. The van der Waals surface area contributed by atoms with Crippen molar-refractivity contribution in [2.45, 2.75) is 13.3 Å². The molecular formula is C20H24F2N4O3. The molecule has 5 N–H and O–H groups in total. The van der Waals surface area contributed by atoms with Gasteiger partial charge in [0.15, 0.2) is 17.4 Å². The van der Waals surface area contributed by atoms with Gasteiger partial charge in [-0.25, -0.2) is 8.78 Å². The van der Waals surface area contributed by atoms with Crippen LogP contribution in [0.3, 0.4) is 0 Å². The van der Waals surface area contributed by atoms with Gasteiger partial charge in [-0.2, -0.15) is 0 Å². The third-order valence-corrected chi connectivity index (χ3v) is 4.01. The minimum atomic E-state index is -0.919. The number of halogens is 2. The lowest BCUT2D eigenvalue weighted by atomic mass is 10.1. The molecule has 0 atom stereocenters. The van der Waals surface area contributed by atoms with Gasteiger partial charge in [-0.3, -0.25) is 9.59 Å². The number of nitrogens with one attached hydrogen (secondary N) is 4. The Bertz CT molecular complexity index is 867. The summed E-state index contributed by atoms with van der Waals surface area (Å²) >= 11 is 0. The third-order valence-electron chi connectivity index (χ3n) is 4.01. The van der Waals surface area contributed by atoms with Crippen LogP contribution in [0.2, 0.25) is 0 Å².